The van der Waals surface area contributed by atoms with Crippen molar-refractivity contribution < 1.29 is 22.7 Å². The van der Waals surface area contributed by atoms with Gasteiger partial charge in [0.2, 0.25) is 5.91 Å². The number of carbonyl (C=O) groups excluding carboxylic acids is 2. The Bertz CT molecular complexity index is 1020. The van der Waals surface area contributed by atoms with E-state index in [2.05, 4.69) is 15.4 Å². The third-order valence-electron chi connectivity index (χ3n) is 3.77. The Hall–Kier alpha value is -2.78. The smallest absolute Gasteiger partial charge is 0.407 e. The van der Waals surface area contributed by atoms with E-state index >= 15 is 0 Å². The lowest BCUT2D eigenvalue weighted by Crippen LogP contribution is -2.33. The maximum Gasteiger partial charge on any atom is 0.407 e. The summed E-state index contributed by atoms with van der Waals surface area (Å²) in [5.74, 6) is -0.300. The summed E-state index contributed by atoms with van der Waals surface area (Å²) in [6, 6.07) is 12.2. The molecule has 8 nitrogen and oxygen atoms in total. The van der Waals surface area contributed by atoms with E-state index in [1.165, 1.54) is 18.2 Å². The molecule has 0 atom stereocenters. The van der Waals surface area contributed by atoms with Crippen LogP contribution in [0.4, 0.5) is 16.2 Å². The highest BCUT2D eigenvalue weighted by Gasteiger charge is 2.17. The first-order valence-electron chi connectivity index (χ1n) is 9.60. The summed E-state index contributed by atoms with van der Waals surface area (Å²) in [6.07, 6.45) is 0.00998. The van der Waals surface area contributed by atoms with Crippen molar-refractivity contribution in [3.8, 4) is 0 Å². The number of sulfonamides is 1. The molecule has 0 saturated heterocycles. The van der Waals surface area contributed by atoms with Crippen LogP contribution in [0.15, 0.2) is 53.4 Å². The van der Waals surface area contributed by atoms with Gasteiger partial charge in [0.25, 0.3) is 10.0 Å². The summed E-state index contributed by atoms with van der Waals surface area (Å²) in [7, 11) is -3.84. The lowest BCUT2D eigenvalue weighted by molar-refractivity contribution is -0.116. The van der Waals surface area contributed by atoms with Crippen LogP contribution in [-0.4, -0.2) is 32.6 Å². The van der Waals surface area contributed by atoms with Gasteiger partial charge >= 0.3 is 6.09 Å². The number of hydrogen-bond donors (Lipinski definition) is 3. The van der Waals surface area contributed by atoms with Crippen molar-refractivity contribution in [1.29, 1.82) is 0 Å². The van der Waals surface area contributed by atoms with Gasteiger partial charge in [0.05, 0.1) is 4.90 Å². The zero-order valence-electron chi connectivity index (χ0n) is 17.6. The second kappa shape index (κ2) is 10.5. The van der Waals surface area contributed by atoms with Crippen molar-refractivity contribution in [3.63, 3.8) is 0 Å². The normalized spacial score (nSPS) is 11.5. The fourth-order valence-corrected chi connectivity index (χ4v) is 3.68. The van der Waals surface area contributed by atoms with Gasteiger partial charge in [-0.05, 0) is 69.7 Å². The van der Waals surface area contributed by atoms with E-state index < -0.39 is 21.7 Å². The number of hydrogen-bond acceptors (Lipinski definition) is 5. The number of halogens is 1. The molecule has 2 aromatic carbocycles. The van der Waals surface area contributed by atoms with Crippen LogP contribution < -0.4 is 15.4 Å². The molecule has 0 aliphatic heterocycles. The van der Waals surface area contributed by atoms with Crippen molar-refractivity contribution >= 4 is 45.0 Å². The third-order valence-corrected chi connectivity index (χ3v) is 5.40. The number of benzene rings is 2. The van der Waals surface area contributed by atoms with Gasteiger partial charge in [-0.3, -0.25) is 9.52 Å². The highest BCUT2D eigenvalue weighted by atomic mass is 35.5. The highest BCUT2D eigenvalue weighted by Crippen LogP contribution is 2.21. The summed E-state index contributed by atoms with van der Waals surface area (Å²) in [5.41, 5.74) is 0.135. The minimum absolute atomic E-state index is 0.00634. The summed E-state index contributed by atoms with van der Waals surface area (Å²) >= 11 is 5.81. The first-order valence-corrected chi connectivity index (χ1v) is 11.5. The summed E-state index contributed by atoms with van der Waals surface area (Å²) in [5, 5.41) is 5.73. The molecule has 0 heterocycles. The average Bonchev–Trinajstić information content (AvgIpc) is 2.66. The predicted octanol–water partition coefficient (Wildman–Crippen LogP) is 4.38. The monoisotopic (exact) mass is 467 g/mol. The minimum Gasteiger partial charge on any atom is -0.444 e. The number of carbonyl (C=O) groups is 2. The zero-order chi connectivity index (χ0) is 23.1. The van der Waals surface area contributed by atoms with Gasteiger partial charge in [-0.1, -0.05) is 17.7 Å². The molecule has 0 fully saturated rings. The molecule has 0 radical (unpaired) electrons. The SMILES string of the molecule is CC(C)(C)OC(=O)NCCCC(=O)Nc1cccc(S(=O)(=O)Nc2ccc(Cl)cc2)c1. The average molecular weight is 468 g/mol. The molecule has 0 saturated carbocycles. The van der Waals surface area contributed by atoms with E-state index in [-0.39, 0.29) is 23.8 Å². The van der Waals surface area contributed by atoms with E-state index in [1.807, 2.05) is 0 Å². The number of ether oxygens (including phenoxy) is 1. The van der Waals surface area contributed by atoms with E-state index in [1.54, 1.807) is 51.1 Å². The van der Waals surface area contributed by atoms with Crippen LogP contribution in [0.2, 0.25) is 5.02 Å². The summed E-state index contributed by atoms with van der Waals surface area (Å²) in [6.45, 7) is 5.57. The maximum atomic E-state index is 12.6. The van der Waals surface area contributed by atoms with E-state index in [4.69, 9.17) is 16.3 Å². The van der Waals surface area contributed by atoms with Crippen molar-refractivity contribution in [2.75, 3.05) is 16.6 Å². The molecule has 31 heavy (non-hydrogen) atoms. The first kappa shape index (κ1) is 24.5. The second-order valence-electron chi connectivity index (χ2n) is 7.72. The molecule has 0 spiro atoms. The Kier molecular flexibility index (Phi) is 8.29. The Labute approximate surface area is 187 Å². The molecule has 2 rings (SSSR count). The van der Waals surface area contributed by atoms with Gasteiger partial charge in [-0.15, -0.1) is 0 Å². The quantitative estimate of drug-likeness (QED) is 0.498. The molecule has 2 amide bonds. The number of amides is 2. The molecule has 2 aromatic rings. The Morgan fingerprint density at radius 2 is 1.71 bits per heavy atom. The standard InChI is InChI=1S/C21H26ClN3O5S/c1-21(2,3)30-20(27)23-13-5-8-19(26)24-17-6-4-7-18(14-17)31(28,29)25-16-11-9-15(22)10-12-16/h4,6-7,9-12,14,25H,5,8,13H2,1-3H3,(H,23,27)(H,24,26). The fraction of sp³-hybridized carbons (Fsp3) is 0.333. The van der Waals surface area contributed by atoms with Crippen molar-refractivity contribution in [2.24, 2.45) is 0 Å². The van der Waals surface area contributed by atoms with Gasteiger partial charge in [-0.25, -0.2) is 13.2 Å². The van der Waals surface area contributed by atoms with Crippen LogP contribution >= 0.6 is 11.6 Å². The van der Waals surface area contributed by atoms with Gasteiger partial charge in [0, 0.05) is 29.4 Å². The van der Waals surface area contributed by atoms with Crippen LogP contribution in [0.5, 0.6) is 0 Å². The van der Waals surface area contributed by atoms with Crippen molar-refractivity contribution in [1.82, 2.24) is 5.32 Å². The van der Waals surface area contributed by atoms with Crippen LogP contribution in [0, 0.1) is 0 Å². The van der Waals surface area contributed by atoms with E-state index in [9.17, 15) is 18.0 Å². The zero-order valence-corrected chi connectivity index (χ0v) is 19.1. The third kappa shape index (κ3) is 8.85. The molecule has 0 aliphatic rings. The van der Waals surface area contributed by atoms with E-state index in [0.29, 0.717) is 22.8 Å². The largest absolute Gasteiger partial charge is 0.444 e. The topological polar surface area (TPSA) is 114 Å². The van der Waals surface area contributed by atoms with Gasteiger partial charge in [0.15, 0.2) is 0 Å². The molecule has 168 valence electrons. The number of rotatable bonds is 8. The van der Waals surface area contributed by atoms with Crippen LogP contribution in [0.25, 0.3) is 0 Å². The number of nitrogens with one attached hydrogen (secondary N) is 3. The van der Waals surface area contributed by atoms with Crippen LogP contribution in [0.1, 0.15) is 33.6 Å². The molecular weight excluding hydrogens is 442 g/mol. The molecule has 0 bridgehead atoms. The Morgan fingerprint density at radius 3 is 2.35 bits per heavy atom. The molecule has 10 heteroatoms. The number of anilines is 2. The minimum atomic E-state index is -3.84. The summed E-state index contributed by atoms with van der Waals surface area (Å²) < 4.78 is 32.8. The van der Waals surface area contributed by atoms with E-state index in [0.717, 1.165) is 0 Å². The molecule has 0 aromatic heterocycles. The molecule has 3 N–H and O–H groups in total. The van der Waals surface area contributed by atoms with Crippen LogP contribution in [0.3, 0.4) is 0 Å². The maximum absolute atomic E-state index is 12.6. The Morgan fingerprint density at radius 1 is 1.03 bits per heavy atom. The van der Waals surface area contributed by atoms with Crippen LogP contribution in [-0.2, 0) is 19.6 Å². The fourth-order valence-electron chi connectivity index (χ4n) is 2.45. The van der Waals surface area contributed by atoms with Gasteiger partial charge < -0.3 is 15.4 Å². The van der Waals surface area contributed by atoms with Crippen molar-refractivity contribution in [3.05, 3.63) is 53.6 Å². The molecular formula is C21H26ClN3O5S. The first-order chi connectivity index (χ1) is 14.4. The lowest BCUT2D eigenvalue weighted by Gasteiger charge is -2.19. The van der Waals surface area contributed by atoms with Gasteiger partial charge in [-0.2, -0.15) is 0 Å². The lowest BCUT2D eigenvalue weighted by atomic mass is 10.2. The molecule has 0 unspecified atom stereocenters. The van der Waals surface area contributed by atoms with Gasteiger partial charge in [0.1, 0.15) is 5.60 Å². The predicted molar refractivity (Wildman–Crippen MR) is 121 cm³/mol. The Balaban J connectivity index is 1.87. The number of alkyl carbamates (subject to hydrolysis) is 1. The second-order valence-corrected chi connectivity index (χ2v) is 9.84. The summed E-state index contributed by atoms with van der Waals surface area (Å²) in [4.78, 5) is 23.7. The molecule has 0 aliphatic carbocycles. The highest BCUT2D eigenvalue weighted by molar-refractivity contribution is 7.92. The van der Waals surface area contributed by atoms with Crippen molar-refractivity contribution in [2.45, 2.75) is 44.1 Å².